The molecule has 0 atom stereocenters. The predicted molar refractivity (Wildman–Crippen MR) is 256 cm³/mol. The van der Waals surface area contributed by atoms with Crippen molar-refractivity contribution in [2.45, 2.75) is 0 Å². The second-order valence-corrected chi connectivity index (χ2v) is 15.8. The summed E-state index contributed by atoms with van der Waals surface area (Å²) in [5.74, 6) is 0. The summed E-state index contributed by atoms with van der Waals surface area (Å²) >= 11 is 0. The van der Waals surface area contributed by atoms with Gasteiger partial charge < -0.3 is 9.47 Å². The van der Waals surface area contributed by atoms with E-state index in [-0.39, 0.29) is 0 Å². The third kappa shape index (κ3) is 5.65. The second kappa shape index (κ2) is 13.9. The average Bonchev–Trinajstić information content (AvgIpc) is 3.66. The van der Waals surface area contributed by atoms with Crippen molar-refractivity contribution in [3.8, 4) is 27.9 Å². The maximum atomic E-state index is 2.44. The van der Waals surface area contributed by atoms with Crippen molar-refractivity contribution in [3.63, 3.8) is 0 Å². The third-order valence-electron chi connectivity index (χ3n) is 12.3. The van der Waals surface area contributed by atoms with Crippen LogP contribution in [0.15, 0.2) is 231 Å². The number of rotatable bonds is 6. The summed E-state index contributed by atoms with van der Waals surface area (Å²) in [4.78, 5) is 2.39. The SMILES string of the molecule is c1ccc(-n2c3cc(-c4ccc(N(c5ccc(-c6ccc7ccccc7c6)cc5)c5ccc6ccc7ccccc7c6c5)cc4)ccc3c3ccc4ccccc4c32)cc1. The Labute approximate surface area is 348 Å². The van der Waals surface area contributed by atoms with E-state index in [0.717, 1.165) is 22.7 Å². The van der Waals surface area contributed by atoms with E-state index in [1.54, 1.807) is 0 Å². The van der Waals surface area contributed by atoms with E-state index < -0.39 is 0 Å². The molecule has 12 rings (SSSR count). The monoisotopic (exact) mass is 762 g/mol. The molecule has 12 aromatic rings. The van der Waals surface area contributed by atoms with Crippen molar-refractivity contribution < 1.29 is 0 Å². The Kier molecular flexibility index (Phi) is 7.89. The van der Waals surface area contributed by atoms with Gasteiger partial charge in [-0.1, -0.05) is 170 Å². The highest BCUT2D eigenvalue weighted by Crippen LogP contribution is 2.41. The number of anilines is 3. The molecule has 2 heteroatoms. The standard InChI is InChI=1S/C58H38N2/c1-2-14-48(15-3-1)60-57-37-47(28-34-54(57)55-35-27-43-12-7-9-17-53(43)58(55)60)41-24-31-50(32-25-41)59(51-33-26-44-20-19-42-11-6-8-16-52(42)56(44)38-51)49-29-22-40(23-30-49)46-21-18-39-10-4-5-13-45(39)36-46/h1-38H. The van der Waals surface area contributed by atoms with Gasteiger partial charge in [0.25, 0.3) is 0 Å². The van der Waals surface area contributed by atoms with Gasteiger partial charge in [0, 0.05) is 38.9 Å². The quantitative estimate of drug-likeness (QED) is 0.153. The molecule has 0 fully saturated rings. The van der Waals surface area contributed by atoms with E-state index in [1.807, 2.05) is 0 Å². The molecule has 2 nitrogen and oxygen atoms in total. The Morgan fingerprint density at radius 3 is 1.48 bits per heavy atom. The van der Waals surface area contributed by atoms with Crippen LogP contribution in [-0.2, 0) is 0 Å². The van der Waals surface area contributed by atoms with Gasteiger partial charge >= 0.3 is 0 Å². The van der Waals surface area contributed by atoms with E-state index in [2.05, 4.69) is 240 Å². The first-order valence-corrected chi connectivity index (χ1v) is 20.7. The molecule has 0 bridgehead atoms. The van der Waals surface area contributed by atoms with E-state index in [4.69, 9.17) is 0 Å². The highest BCUT2D eigenvalue weighted by molar-refractivity contribution is 6.19. The molecular weight excluding hydrogens is 725 g/mol. The van der Waals surface area contributed by atoms with Crippen molar-refractivity contribution in [1.82, 2.24) is 4.57 Å². The molecular formula is C58H38N2. The molecule has 1 heterocycles. The topological polar surface area (TPSA) is 8.17 Å². The molecule has 0 aliphatic heterocycles. The Bertz CT molecular complexity index is 3580. The highest BCUT2D eigenvalue weighted by atomic mass is 15.1. The van der Waals surface area contributed by atoms with E-state index in [0.29, 0.717) is 0 Å². The van der Waals surface area contributed by atoms with Crippen LogP contribution in [0.2, 0.25) is 0 Å². The number of aromatic nitrogens is 1. The minimum Gasteiger partial charge on any atom is -0.310 e. The van der Waals surface area contributed by atoms with Gasteiger partial charge in [-0.2, -0.15) is 0 Å². The molecule has 0 unspecified atom stereocenters. The van der Waals surface area contributed by atoms with Gasteiger partial charge in [-0.3, -0.25) is 0 Å². The van der Waals surface area contributed by atoms with Gasteiger partial charge in [0.15, 0.2) is 0 Å². The molecule has 280 valence electrons. The molecule has 0 N–H and O–H groups in total. The predicted octanol–water partition coefficient (Wildman–Crippen LogP) is 16.2. The molecule has 11 aromatic carbocycles. The molecule has 0 aliphatic carbocycles. The van der Waals surface area contributed by atoms with Gasteiger partial charge in [0.2, 0.25) is 0 Å². The van der Waals surface area contributed by atoms with Gasteiger partial charge in [-0.05, 0) is 121 Å². The van der Waals surface area contributed by atoms with Crippen LogP contribution in [0.4, 0.5) is 17.1 Å². The summed E-state index contributed by atoms with van der Waals surface area (Å²) in [6, 6.07) is 84.3. The number of hydrogen-bond acceptors (Lipinski definition) is 1. The molecule has 1 aromatic heterocycles. The Balaban J connectivity index is 0.984. The fourth-order valence-electron chi connectivity index (χ4n) is 9.35. The van der Waals surface area contributed by atoms with Crippen LogP contribution in [0, 0.1) is 0 Å². The summed E-state index contributed by atoms with van der Waals surface area (Å²) in [5, 5.41) is 12.5. The maximum absolute atomic E-state index is 2.44. The minimum atomic E-state index is 1.10. The zero-order valence-corrected chi connectivity index (χ0v) is 32.8. The Hall–Kier alpha value is -7.94. The molecule has 0 amide bonds. The van der Waals surface area contributed by atoms with Crippen LogP contribution >= 0.6 is 0 Å². The third-order valence-corrected chi connectivity index (χ3v) is 12.3. The second-order valence-electron chi connectivity index (χ2n) is 15.8. The van der Waals surface area contributed by atoms with Crippen molar-refractivity contribution in [2.24, 2.45) is 0 Å². The van der Waals surface area contributed by atoms with Crippen LogP contribution in [0.3, 0.4) is 0 Å². The molecule has 0 saturated heterocycles. The summed E-state index contributed by atoms with van der Waals surface area (Å²) in [5.41, 5.74) is 11.7. The fraction of sp³-hybridized carbons (Fsp3) is 0. The number of hydrogen-bond donors (Lipinski definition) is 0. The number of benzene rings is 11. The number of para-hydroxylation sites is 1. The smallest absolute Gasteiger partial charge is 0.0619 e. The zero-order valence-electron chi connectivity index (χ0n) is 32.8. The van der Waals surface area contributed by atoms with Crippen molar-refractivity contribution in [1.29, 1.82) is 0 Å². The maximum Gasteiger partial charge on any atom is 0.0619 e. The lowest BCUT2D eigenvalue weighted by atomic mass is 9.99. The van der Waals surface area contributed by atoms with Gasteiger partial charge in [-0.25, -0.2) is 0 Å². The Morgan fingerprint density at radius 2 is 0.750 bits per heavy atom. The van der Waals surface area contributed by atoms with E-state index in [1.165, 1.54) is 87.1 Å². The zero-order chi connectivity index (χ0) is 39.6. The van der Waals surface area contributed by atoms with Crippen LogP contribution in [0.25, 0.3) is 92.8 Å². The van der Waals surface area contributed by atoms with E-state index in [9.17, 15) is 0 Å². The molecule has 0 saturated carbocycles. The van der Waals surface area contributed by atoms with Gasteiger partial charge in [-0.15, -0.1) is 0 Å². The highest BCUT2D eigenvalue weighted by Gasteiger charge is 2.18. The van der Waals surface area contributed by atoms with Crippen LogP contribution in [0.1, 0.15) is 0 Å². The first-order valence-electron chi connectivity index (χ1n) is 20.7. The van der Waals surface area contributed by atoms with Gasteiger partial charge in [0.05, 0.1) is 11.0 Å². The minimum absolute atomic E-state index is 1.10. The average molecular weight is 763 g/mol. The summed E-state index contributed by atoms with van der Waals surface area (Å²) in [6.45, 7) is 0. The van der Waals surface area contributed by atoms with Crippen LogP contribution in [-0.4, -0.2) is 4.57 Å². The Morgan fingerprint density at radius 1 is 0.267 bits per heavy atom. The van der Waals surface area contributed by atoms with Crippen LogP contribution < -0.4 is 4.90 Å². The lowest BCUT2D eigenvalue weighted by Gasteiger charge is -2.26. The summed E-state index contributed by atoms with van der Waals surface area (Å²) < 4.78 is 2.44. The van der Waals surface area contributed by atoms with Gasteiger partial charge in [0.1, 0.15) is 0 Å². The molecule has 0 radical (unpaired) electrons. The van der Waals surface area contributed by atoms with Crippen LogP contribution in [0.5, 0.6) is 0 Å². The summed E-state index contributed by atoms with van der Waals surface area (Å²) in [6.07, 6.45) is 0. The first-order chi connectivity index (χ1) is 29.7. The van der Waals surface area contributed by atoms with E-state index >= 15 is 0 Å². The van der Waals surface area contributed by atoms with Crippen molar-refractivity contribution in [2.75, 3.05) is 4.90 Å². The lowest BCUT2D eigenvalue weighted by Crippen LogP contribution is -2.09. The normalized spacial score (nSPS) is 11.7. The first kappa shape index (κ1) is 34.1. The molecule has 60 heavy (non-hydrogen) atoms. The van der Waals surface area contributed by atoms with Crippen molar-refractivity contribution in [3.05, 3.63) is 231 Å². The number of nitrogens with zero attached hydrogens (tertiary/aromatic N) is 2. The molecule has 0 spiro atoms. The molecule has 0 aliphatic rings. The largest absolute Gasteiger partial charge is 0.310 e. The lowest BCUT2D eigenvalue weighted by molar-refractivity contribution is 1.19. The summed E-state index contributed by atoms with van der Waals surface area (Å²) in [7, 11) is 0. The fourth-order valence-corrected chi connectivity index (χ4v) is 9.35. The number of fused-ring (bicyclic) bond motifs is 9. The van der Waals surface area contributed by atoms with Crippen molar-refractivity contribution >= 4 is 82.0 Å².